The fourth-order valence-corrected chi connectivity index (χ4v) is 3.35. The number of β-amino-alcohol motifs (C(OH)–C–C–N with tert-alkyl or cyclic N) is 1. The van der Waals surface area contributed by atoms with Crippen LogP contribution in [0.2, 0.25) is 0 Å². The standard InChI is InChI=1S/C15H18N4O3S/c1-3-11(22-10-7-5-4-6-8-10)13-16-17-14(23-13)19-12(20)9-18(2)15(19)21/h4-8,11-12,20H,3,9H2,1-2H3. The molecule has 0 bridgehead atoms. The molecule has 1 aromatic heterocycles. The van der Waals surface area contributed by atoms with Crippen molar-refractivity contribution < 1.29 is 14.6 Å². The number of carbonyl (C=O) groups excluding carboxylic acids is 1. The Hall–Kier alpha value is -2.19. The Balaban J connectivity index is 1.79. The molecule has 7 nitrogen and oxygen atoms in total. The number of carbonyl (C=O) groups is 1. The Morgan fingerprint density at radius 1 is 1.39 bits per heavy atom. The number of benzene rings is 1. The van der Waals surface area contributed by atoms with Gasteiger partial charge in [-0.2, -0.15) is 0 Å². The van der Waals surface area contributed by atoms with Gasteiger partial charge < -0.3 is 14.7 Å². The molecule has 2 aromatic rings. The van der Waals surface area contributed by atoms with E-state index in [1.54, 1.807) is 7.05 Å². The zero-order chi connectivity index (χ0) is 16.4. The molecule has 122 valence electrons. The van der Waals surface area contributed by atoms with Gasteiger partial charge in [0.1, 0.15) is 5.75 Å². The summed E-state index contributed by atoms with van der Waals surface area (Å²) in [7, 11) is 1.64. The number of ether oxygens (including phenoxy) is 1. The zero-order valence-corrected chi connectivity index (χ0v) is 13.7. The first kappa shape index (κ1) is 15.7. The van der Waals surface area contributed by atoms with E-state index >= 15 is 0 Å². The summed E-state index contributed by atoms with van der Waals surface area (Å²) in [5, 5.41) is 19.3. The maximum absolute atomic E-state index is 12.1. The number of anilines is 1. The van der Waals surface area contributed by atoms with Crippen LogP contribution >= 0.6 is 11.3 Å². The minimum Gasteiger partial charge on any atom is -0.483 e. The van der Waals surface area contributed by atoms with Crippen molar-refractivity contribution in [2.75, 3.05) is 18.5 Å². The Labute approximate surface area is 138 Å². The van der Waals surface area contributed by atoms with E-state index in [1.807, 2.05) is 37.3 Å². The molecule has 8 heteroatoms. The van der Waals surface area contributed by atoms with E-state index in [4.69, 9.17) is 4.74 Å². The molecule has 1 N–H and O–H groups in total. The van der Waals surface area contributed by atoms with Gasteiger partial charge in [0.15, 0.2) is 17.3 Å². The van der Waals surface area contributed by atoms with Crippen LogP contribution in [0, 0.1) is 0 Å². The number of hydrogen-bond donors (Lipinski definition) is 1. The van der Waals surface area contributed by atoms with Crippen LogP contribution in [0.1, 0.15) is 24.5 Å². The van der Waals surface area contributed by atoms with Gasteiger partial charge >= 0.3 is 6.03 Å². The van der Waals surface area contributed by atoms with Gasteiger partial charge in [-0.1, -0.05) is 36.5 Å². The summed E-state index contributed by atoms with van der Waals surface area (Å²) in [6.07, 6.45) is -0.417. The lowest BCUT2D eigenvalue weighted by molar-refractivity contribution is 0.183. The van der Waals surface area contributed by atoms with Gasteiger partial charge in [-0.05, 0) is 18.6 Å². The lowest BCUT2D eigenvalue weighted by Crippen LogP contribution is -2.34. The summed E-state index contributed by atoms with van der Waals surface area (Å²) in [5.41, 5.74) is 0. The third-order valence-electron chi connectivity index (χ3n) is 3.57. The topological polar surface area (TPSA) is 78.8 Å². The number of aliphatic hydroxyl groups is 1. The van der Waals surface area contributed by atoms with Crippen molar-refractivity contribution >= 4 is 22.5 Å². The molecule has 2 amide bonds. The fourth-order valence-electron chi connectivity index (χ4n) is 2.35. The molecule has 1 saturated heterocycles. The van der Waals surface area contributed by atoms with E-state index in [-0.39, 0.29) is 18.7 Å². The van der Waals surface area contributed by atoms with Crippen LogP contribution < -0.4 is 9.64 Å². The van der Waals surface area contributed by atoms with Crippen molar-refractivity contribution in [1.82, 2.24) is 15.1 Å². The predicted molar refractivity (Wildman–Crippen MR) is 86.5 cm³/mol. The third-order valence-corrected chi connectivity index (χ3v) is 4.59. The molecule has 1 aliphatic rings. The molecule has 2 unspecified atom stereocenters. The number of aromatic nitrogens is 2. The van der Waals surface area contributed by atoms with Gasteiger partial charge in [-0.15, -0.1) is 10.2 Å². The van der Waals surface area contributed by atoms with Gasteiger partial charge in [-0.3, -0.25) is 0 Å². The van der Waals surface area contributed by atoms with Gasteiger partial charge in [0, 0.05) is 7.05 Å². The maximum atomic E-state index is 12.1. The van der Waals surface area contributed by atoms with E-state index in [0.29, 0.717) is 10.1 Å². The largest absolute Gasteiger partial charge is 0.483 e. The maximum Gasteiger partial charge on any atom is 0.328 e. The molecule has 0 aliphatic carbocycles. The van der Waals surface area contributed by atoms with Gasteiger partial charge in [-0.25, -0.2) is 9.69 Å². The lowest BCUT2D eigenvalue weighted by Gasteiger charge is -2.15. The summed E-state index contributed by atoms with van der Waals surface area (Å²) < 4.78 is 5.93. The second kappa shape index (κ2) is 6.51. The Kier molecular flexibility index (Phi) is 4.44. The molecular weight excluding hydrogens is 316 g/mol. The Morgan fingerprint density at radius 3 is 2.74 bits per heavy atom. The normalized spacial score (nSPS) is 19.3. The first-order valence-corrected chi connectivity index (χ1v) is 8.19. The number of nitrogens with zero attached hydrogens (tertiary/aromatic N) is 4. The van der Waals surface area contributed by atoms with Crippen LogP contribution in [-0.4, -0.2) is 46.1 Å². The van der Waals surface area contributed by atoms with Crippen LogP contribution in [0.25, 0.3) is 0 Å². The van der Waals surface area contributed by atoms with E-state index in [9.17, 15) is 9.90 Å². The number of likely N-dealkylation sites (N-methyl/N-ethyl adjacent to an activating group) is 1. The molecule has 23 heavy (non-hydrogen) atoms. The molecule has 0 saturated carbocycles. The van der Waals surface area contributed by atoms with Crippen molar-refractivity contribution in [1.29, 1.82) is 0 Å². The Morgan fingerprint density at radius 2 is 2.13 bits per heavy atom. The molecule has 3 rings (SSSR count). The average molecular weight is 334 g/mol. The summed E-state index contributed by atoms with van der Waals surface area (Å²) >= 11 is 1.26. The van der Waals surface area contributed by atoms with Crippen LogP contribution in [0.4, 0.5) is 9.93 Å². The SMILES string of the molecule is CCC(Oc1ccccc1)c1nnc(N2C(=O)N(C)CC2O)s1. The highest BCUT2D eigenvalue weighted by Gasteiger charge is 2.37. The number of amides is 2. The zero-order valence-electron chi connectivity index (χ0n) is 12.9. The van der Waals surface area contributed by atoms with E-state index in [1.165, 1.54) is 21.1 Å². The van der Waals surface area contributed by atoms with Crippen LogP contribution in [-0.2, 0) is 0 Å². The molecule has 2 atom stereocenters. The number of aliphatic hydroxyl groups excluding tert-OH is 1. The number of urea groups is 1. The first-order valence-electron chi connectivity index (χ1n) is 7.37. The molecule has 0 spiro atoms. The summed E-state index contributed by atoms with van der Waals surface area (Å²) in [6.45, 7) is 2.25. The average Bonchev–Trinajstić information content (AvgIpc) is 3.11. The highest BCUT2D eigenvalue weighted by atomic mass is 32.1. The van der Waals surface area contributed by atoms with Gasteiger partial charge in [0.2, 0.25) is 5.13 Å². The fraction of sp³-hybridized carbons (Fsp3) is 0.400. The number of hydrogen-bond acceptors (Lipinski definition) is 6. The van der Waals surface area contributed by atoms with Crippen molar-refractivity contribution in [3.05, 3.63) is 35.3 Å². The van der Waals surface area contributed by atoms with E-state index in [2.05, 4.69) is 10.2 Å². The van der Waals surface area contributed by atoms with E-state index in [0.717, 1.165) is 12.2 Å². The van der Waals surface area contributed by atoms with Crippen molar-refractivity contribution in [2.24, 2.45) is 0 Å². The molecular formula is C15H18N4O3S. The minimum absolute atomic E-state index is 0.240. The van der Waals surface area contributed by atoms with Crippen LogP contribution in [0.5, 0.6) is 5.75 Å². The lowest BCUT2D eigenvalue weighted by atomic mass is 10.3. The van der Waals surface area contributed by atoms with Crippen molar-refractivity contribution in [3.8, 4) is 5.75 Å². The minimum atomic E-state index is -0.900. The molecule has 1 fully saturated rings. The molecule has 0 radical (unpaired) electrons. The molecule has 1 aliphatic heterocycles. The molecule has 1 aromatic carbocycles. The van der Waals surface area contributed by atoms with Crippen LogP contribution in [0.15, 0.2) is 30.3 Å². The van der Waals surface area contributed by atoms with E-state index < -0.39 is 6.23 Å². The van der Waals surface area contributed by atoms with Gasteiger partial charge in [0.05, 0.1) is 6.54 Å². The highest BCUT2D eigenvalue weighted by molar-refractivity contribution is 7.15. The van der Waals surface area contributed by atoms with Crippen LogP contribution in [0.3, 0.4) is 0 Å². The monoisotopic (exact) mass is 334 g/mol. The number of rotatable bonds is 5. The third kappa shape index (κ3) is 3.13. The summed E-state index contributed by atoms with van der Waals surface area (Å²) in [4.78, 5) is 14.8. The second-order valence-electron chi connectivity index (χ2n) is 5.26. The number of para-hydroxylation sites is 1. The highest BCUT2D eigenvalue weighted by Crippen LogP contribution is 2.32. The molecule has 2 heterocycles. The van der Waals surface area contributed by atoms with Crippen molar-refractivity contribution in [2.45, 2.75) is 25.7 Å². The Bertz CT molecular complexity index is 678. The summed E-state index contributed by atoms with van der Waals surface area (Å²) in [5.74, 6) is 0.758. The first-order chi connectivity index (χ1) is 11.1. The van der Waals surface area contributed by atoms with Crippen molar-refractivity contribution in [3.63, 3.8) is 0 Å². The quantitative estimate of drug-likeness (QED) is 0.907. The smallest absolute Gasteiger partial charge is 0.328 e. The predicted octanol–water partition coefficient (Wildman–Crippen LogP) is 2.26. The van der Waals surface area contributed by atoms with Gasteiger partial charge in [0.25, 0.3) is 0 Å². The second-order valence-corrected chi connectivity index (χ2v) is 6.25. The summed E-state index contributed by atoms with van der Waals surface area (Å²) in [6, 6.07) is 9.22.